The third kappa shape index (κ3) is 16.9. The third-order valence-corrected chi connectivity index (χ3v) is 8.30. The molecule has 0 bridgehead atoms. The van der Waals surface area contributed by atoms with Crippen molar-refractivity contribution in [2.75, 3.05) is 13.2 Å². The van der Waals surface area contributed by atoms with Gasteiger partial charge >= 0.3 is 11.9 Å². The molecule has 0 spiro atoms. The number of esters is 2. The van der Waals surface area contributed by atoms with E-state index in [4.69, 9.17) is 9.47 Å². The second kappa shape index (κ2) is 23.6. The number of hydrogen-bond donors (Lipinski definition) is 2. The van der Waals surface area contributed by atoms with Gasteiger partial charge in [-0.1, -0.05) is 97.8 Å². The zero-order valence-electron chi connectivity index (χ0n) is 27.7. The number of nitrogens with one attached hydrogen (secondary N) is 2. The van der Waals surface area contributed by atoms with Gasteiger partial charge in [0.1, 0.15) is 23.7 Å². The van der Waals surface area contributed by atoms with Crippen molar-refractivity contribution in [2.45, 2.75) is 155 Å². The average molecular weight is 623 g/mol. The standard InChI is InChI=1S/2C17H29NO4/c1-3-4-5-6-7-8-9-13(2)15(19)12-16(20)18-14-10-11-22-17(14)21;1-3-4-5-6-7-8-9-10-15(19)13(2)16(20)18-14-11-12-22-17(14)21/h2*13-14H,3-12H2,1-2H3,(H,18,20)/t2*13?,14-/m00/s1. The van der Waals surface area contributed by atoms with E-state index < -0.39 is 29.9 Å². The lowest BCUT2D eigenvalue weighted by atomic mass is 9.96. The Labute approximate surface area is 264 Å². The molecule has 2 heterocycles. The molecular formula is C34H58N2O8. The average Bonchev–Trinajstić information content (AvgIpc) is 3.60. The van der Waals surface area contributed by atoms with E-state index in [9.17, 15) is 28.8 Å². The van der Waals surface area contributed by atoms with Gasteiger partial charge in [-0.3, -0.25) is 19.2 Å². The molecule has 10 heteroatoms. The van der Waals surface area contributed by atoms with Crippen LogP contribution in [-0.4, -0.2) is 60.6 Å². The number of Topliss-reactive ketones (excluding diaryl/α,β-unsaturated/α-hetero) is 2. The van der Waals surface area contributed by atoms with E-state index in [0.29, 0.717) is 32.5 Å². The Morgan fingerprint density at radius 2 is 1.16 bits per heavy atom. The second-order valence-electron chi connectivity index (χ2n) is 12.3. The number of rotatable bonds is 22. The summed E-state index contributed by atoms with van der Waals surface area (Å²) >= 11 is 0. The maximum atomic E-state index is 12.0. The highest BCUT2D eigenvalue weighted by Gasteiger charge is 2.31. The van der Waals surface area contributed by atoms with Gasteiger partial charge in [-0.25, -0.2) is 9.59 Å². The molecule has 0 aromatic carbocycles. The number of hydrogen-bond acceptors (Lipinski definition) is 8. The molecule has 4 atom stereocenters. The van der Waals surface area contributed by atoms with Crippen LogP contribution in [0.15, 0.2) is 0 Å². The minimum absolute atomic E-state index is 0.0441. The van der Waals surface area contributed by atoms with Crippen LogP contribution in [0, 0.1) is 11.8 Å². The van der Waals surface area contributed by atoms with Gasteiger partial charge < -0.3 is 20.1 Å². The van der Waals surface area contributed by atoms with Crippen LogP contribution in [-0.2, 0) is 38.2 Å². The van der Waals surface area contributed by atoms with Gasteiger partial charge in [0, 0.05) is 25.2 Å². The lowest BCUT2D eigenvalue weighted by Crippen LogP contribution is -2.42. The van der Waals surface area contributed by atoms with E-state index in [1.54, 1.807) is 6.92 Å². The fourth-order valence-electron chi connectivity index (χ4n) is 5.14. The summed E-state index contributed by atoms with van der Waals surface area (Å²) in [5.74, 6) is -2.41. The number of unbranched alkanes of at least 4 members (excludes halogenated alkanes) is 11. The van der Waals surface area contributed by atoms with Crippen molar-refractivity contribution >= 4 is 35.3 Å². The van der Waals surface area contributed by atoms with E-state index in [1.807, 2.05) is 6.92 Å². The fourth-order valence-corrected chi connectivity index (χ4v) is 5.14. The monoisotopic (exact) mass is 622 g/mol. The number of carbonyl (C=O) groups excluding carboxylic acids is 6. The highest BCUT2D eigenvalue weighted by atomic mass is 16.5. The van der Waals surface area contributed by atoms with Crippen LogP contribution in [0.3, 0.4) is 0 Å². The minimum atomic E-state index is -0.687. The number of carbonyl (C=O) groups is 6. The zero-order chi connectivity index (χ0) is 32.7. The van der Waals surface area contributed by atoms with Crippen molar-refractivity contribution in [2.24, 2.45) is 11.8 Å². The Balaban J connectivity index is 0.000000440. The molecule has 0 aromatic heterocycles. The molecule has 2 aliphatic heterocycles. The Morgan fingerprint density at radius 1 is 0.682 bits per heavy atom. The molecule has 44 heavy (non-hydrogen) atoms. The predicted octanol–water partition coefficient (Wildman–Crippen LogP) is 5.53. The van der Waals surface area contributed by atoms with E-state index in [2.05, 4.69) is 24.5 Å². The normalized spacial score (nSPS) is 18.8. The topological polar surface area (TPSA) is 145 Å². The molecule has 0 aliphatic carbocycles. The van der Waals surface area contributed by atoms with Crippen molar-refractivity contribution < 1.29 is 38.2 Å². The molecule has 0 saturated carbocycles. The Hall–Kier alpha value is -2.78. The molecule has 2 saturated heterocycles. The van der Waals surface area contributed by atoms with Gasteiger partial charge in [-0.15, -0.1) is 0 Å². The largest absolute Gasteiger partial charge is 0.464 e. The summed E-state index contributed by atoms with van der Waals surface area (Å²) in [5, 5.41) is 5.17. The summed E-state index contributed by atoms with van der Waals surface area (Å²) in [6.45, 7) is 8.55. The fraction of sp³-hybridized carbons (Fsp3) is 0.824. The summed E-state index contributed by atoms with van der Waals surface area (Å²) in [5.41, 5.74) is 0. The minimum Gasteiger partial charge on any atom is -0.464 e. The molecule has 0 radical (unpaired) electrons. The molecule has 2 rings (SSSR count). The third-order valence-electron chi connectivity index (χ3n) is 8.30. The Bertz CT molecular complexity index is 904. The van der Waals surface area contributed by atoms with Crippen LogP contribution in [0.2, 0.25) is 0 Å². The molecule has 2 aliphatic rings. The van der Waals surface area contributed by atoms with Crippen molar-refractivity contribution in [3.8, 4) is 0 Å². The SMILES string of the molecule is CCCCCCCCC(C)C(=O)CC(=O)N[C@H]1CCOC1=O.CCCCCCCCCC(=O)C(C)C(=O)N[C@H]1CCOC1=O. The van der Waals surface area contributed by atoms with Gasteiger partial charge in [0.25, 0.3) is 0 Å². The summed E-state index contributed by atoms with van der Waals surface area (Å²) in [7, 11) is 0. The number of ether oxygens (including phenoxy) is 2. The molecule has 2 amide bonds. The zero-order valence-corrected chi connectivity index (χ0v) is 27.7. The van der Waals surface area contributed by atoms with E-state index in [-0.39, 0.29) is 35.7 Å². The highest BCUT2D eigenvalue weighted by Crippen LogP contribution is 2.15. The first kappa shape index (κ1) is 39.2. The molecular weight excluding hydrogens is 564 g/mol. The van der Waals surface area contributed by atoms with Crippen LogP contribution in [0.25, 0.3) is 0 Å². The van der Waals surface area contributed by atoms with Gasteiger partial charge in [0.05, 0.1) is 25.6 Å². The number of ketones is 2. The van der Waals surface area contributed by atoms with Crippen molar-refractivity contribution in [3.63, 3.8) is 0 Å². The smallest absolute Gasteiger partial charge is 0.328 e. The first-order valence-corrected chi connectivity index (χ1v) is 17.1. The number of amides is 2. The van der Waals surface area contributed by atoms with Gasteiger partial charge in [0.2, 0.25) is 11.8 Å². The predicted molar refractivity (Wildman–Crippen MR) is 169 cm³/mol. The summed E-state index contributed by atoms with van der Waals surface area (Å²) in [4.78, 5) is 70.3. The molecule has 2 N–H and O–H groups in total. The van der Waals surface area contributed by atoms with E-state index >= 15 is 0 Å². The van der Waals surface area contributed by atoms with Gasteiger partial charge in [-0.05, 0) is 19.8 Å². The lowest BCUT2D eigenvalue weighted by Gasteiger charge is -2.13. The summed E-state index contributed by atoms with van der Waals surface area (Å²) in [6.07, 6.45) is 17.3. The van der Waals surface area contributed by atoms with Crippen molar-refractivity contribution in [1.82, 2.24) is 10.6 Å². The van der Waals surface area contributed by atoms with Crippen molar-refractivity contribution in [3.05, 3.63) is 0 Å². The van der Waals surface area contributed by atoms with Crippen LogP contribution in [0.4, 0.5) is 0 Å². The quantitative estimate of drug-likeness (QED) is 0.0911. The first-order valence-electron chi connectivity index (χ1n) is 17.1. The Kier molecular flexibility index (Phi) is 21.0. The molecule has 2 unspecified atom stereocenters. The molecule has 10 nitrogen and oxygen atoms in total. The van der Waals surface area contributed by atoms with Crippen LogP contribution in [0.5, 0.6) is 0 Å². The summed E-state index contributed by atoms with van der Waals surface area (Å²) < 4.78 is 9.56. The maximum absolute atomic E-state index is 12.0. The van der Waals surface area contributed by atoms with E-state index in [0.717, 1.165) is 38.5 Å². The molecule has 252 valence electrons. The highest BCUT2D eigenvalue weighted by molar-refractivity contribution is 6.02. The van der Waals surface area contributed by atoms with Crippen LogP contribution >= 0.6 is 0 Å². The summed E-state index contributed by atoms with van der Waals surface area (Å²) in [6, 6.07) is -1.16. The number of cyclic esters (lactones) is 2. The van der Waals surface area contributed by atoms with Crippen LogP contribution in [0.1, 0.15) is 143 Å². The van der Waals surface area contributed by atoms with Crippen molar-refractivity contribution in [1.29, 1.82) is 0 Å². The molecule has 2 fully saturated rings. The second-order valence-corrected chi connectivity index (χ2v) is 12.3. The maximum Gasteiger partial charge on any atom is 0.328 e. The first-order chi connectivity index (χ1) is 21.1. The Morgan fingerprint density at radius 3 is 1.66 bits per heavy atom. The van der Waals surface area contributed by atoms with Gasteiger partial charge in [0.15, 0.2) is 0 Å². The van der Waals surface area contributed by atoms with Gasteiger partial charge in [-0.2, -0.15) is 0 Å². The van der Waals surface area contributed by atoms with E-state index in [1.165, 1.54) is 51.4 Å². The lowest BCUT2D eigenvalue weighted by molar-refractivity contribution is -0.143. The van der Waals surface area contributed by atoms with Crippen LogP contribution < -0.4 is 10.6 Å². The molecule has 0 aromatic rings.